The number of halogens is 2. The summed E-state index contributed by atoms with van der Waals surface area (Å²) in [5.41, 5.74) is 0. The smallest absolute Gasteiger partial charge is 0.331 e. The first-order valence-corrected chi connectivity index (χ1v) is 8.94. The van der Waals surface area contributed by atoms with E-state index in [-0.39, 0.29) is 0 Å². The Balaban J connectivity index is 3.21. The van der Waals surface area contributed by atoms with Gasteiger partial charge in [0.05, 0.1) is 0 Å². The largest absolute Gasteiger partial charge is 0.463 e. The van der Waals surface area contributed by atoms with Crippen molar-refractivity contribution < 1.29 is 14.6 Å². The van der Waals surface area contributed by atoms with Crippen LogP contribution in [0.25, 0.3) is 0 Å². The summed E-state index contributed by atoms with van der Waals surface area (Å²) < 4.78 is 6.51. The molecule has 1 N–H and O–H groups in total. The summed E-state index contributed by atoms with van der Waals surface area (Å²) >= 11 is 4.73. The molecule has 0 saturated carbocycles. The zero-order valence-corrected chi connectivity index (χ0v) is 14.5. The van der Waals surface area contributed by atoms with Gasteiger partial charge in [0, 0.05) is 3.92 Å². The van der Waals surface area contributed by atoms with Crippen molar-refractivity contribution in [1.82, 2.24) is 0 Å². The summed E-state index contributed by atoms with van der Waals surface area (Å²) in [7, 11) is 0. The SMILES string of the molecule is O=C(CO)OCC(I)CCCCCCCCI. The second kappa shape index (κ2) is 13.3. The van der Waals surface area contributed by atoms with Crippen LogP contribution >= 0.6 is 45.2 Å². The number of unbranched alkanes of at least 4 members (excludes halogenated alkanes) is 5. The summed E-state index contributed by atoms with van der Waals surface area (Å²) in [6, 6.07) is 0. The van der Waals surface area contributed by atoms with Crippen molar-refractivity contribution in [3.8, 4) is 0 Å². The quantitative estimate of drug-likeness (QED) is 0.219. The van der Waals surface area contributed by atoms with Crippen LogP contribution in [-0.4, -0.2) is 32.6 Å². The molecule has 17 heavy (non-hydrogen) atoms. The van der Waals surface area contributed by atoms with Crippen LogP contribution in [0.15, 0.2) is 0 Å². The molecule has 0 spiro atoms. The number of aliphatic hydroxyl groups is 1. The summed E-state index contributed by atoms with van der Waals surface area (Å²) in [5, 5.41) is 8.49. The van der Waals surface area contributed by atoms with E-state index >= 15 is 0 Å². The molecule has 3 nitrogen and oxygen atoms in total. The molecule has 0 aliphatic carbocycles. The van der Waals surface area contributed by atoms with Crippen LogP contribution in [0, 0.1) is 0 Å². The van der Waals surface area contributed by atoms with E-state index in [0.29, 0.717) is 10.5 Å². The topological polar surface area (TPSA) is 46.5 Å². The normalized spacial score (nSPS) is 12.4. The second-order valence-corrected chi connectivity index (χ2v) is 6.88. The molecule has 1 atom stereocenters. The number of alkyl halides is 2. The van der Waals surface area contributed by atoms with E-state index in [0.717, 1.165) is 6.42 Å². The average molecular weight is 468 g/mol. The highest BCUT2D eigenvalue weighted by atomic mass is 127. The molecule has 102 valence electrons. The van der Waals surface area contributed by atoms with Gasteiger partial charge in [-0.2, -0.15) is 0 Å². The summed E-state index contributed by atoms with van der Waals surface area (Å²) in [4.78, 5) is 10.7. The van der Waals surface area contributed by atoms with Gasteiger partial charge in [0.2, 0.25) is 0 Å². The van der Waals surface area contributed by atoms with Gasteiger partial charge in [-0.1, -0.05) is 77.3 Å². The number of carbonyl (C=O) groups excluding carboxylic acids is 1. The zero-order valence-electron chi connectivity index (χ0n) is 10.2. The minimum Gasteiger partial charge on any atom is -0.463 e. The highest BCUT2D eigenvalue weighted by Crippen LogP contribution is 2.14. The Morgan fingerprint density at radius 1 is 1.12 bits per heavy atom. The Morgan fingerprint density at radius 2 is 1.71 bits per heavy atom. The lowest BCUT2D eigenvalue weighted by molar-refractivity contribution is -0.146. The van der Waals surface area contributed by atoms with Crippen molar-refractivity contribution in [3.05, 3.63) is 0 Å². The van der Waals surface area contributed by atoms with E-state index in [9.17, 15) is 4.79 Å². The van der Waals surface area contributed by atoms with Crippen molar-refractivity contribution in [2.75, 3.05) is 17.6 Å². The molecular formula is C12H22I2O3. The lowest BCUT2D eigenvalue weighted by Gasteiger charge is -2.09. The second-order valence-electron chi connectivity index (χ2n) is 4.04. The fraction of sp³-hybridized carbons (Fsp3) is 0.917. The van der Waals surface area contributed by atoms with Gasteiger partial charge in [0.1, 0.15) is 13.2 Å². The van der Waals surface area contributed by atoms with Crippen molar-refractivity contribution >= 4 is 51.2 Å². The molecule has 0 amide bonds. The van der Waals surface area contributed by atoms with E-state index in [1.165, 1.54) is 43.0 Å². The lowest BCUT2D eigenvalue weighted by Crippen LogP contribution is -2.16. The number of hydrogen-bond acceptors (Lipinski definition) is 3. The molecule has 0 aromatic rings. The van der Waals surface area contributed by atoms with Gasteiger partial charge in [-0.3, -0.25) is 0 Å². The third-order valence-corrected chi connectivity index (χ3v) is 4.20. The van der Waals surface area contributed by atoms with Gasteiger partial charge in [-0.25, -0.2) is 4.79 Å². The Kier molecular flexibility index (Phi) is 14.0. The van der Waals surface area contributed by atoms with Crippen LogP contribution in [0.5, 0.6) is 0 Å². The number of ether oxygens (including phenoxy) is 1. The molecule has 5 heteroatoms. The van der Waals surface area contributed by atoms with Crippen LogP contribution in [-0.2, 0) is 9.53 Å². The zero-order chi connectivity index (χ0) is 12.9. The van der Waals surface area contributed by atoms with Gasteiger partial charge in [0.25, 0.3) is 0 Å². The van der Waals surface area contributed by atoms with E-state index in [1.54, 1.807) is 0 Å². The van der Waals surface area contributed by atoms with Gasteiger partial charge >= 0.3 is 5.97 Å². The van der Waals surface area contributed by atoms with Crippen LogP contribution in [0.1, 0.15) is 44.9 Å². The summed E-state index contributed by atoms with van der Waals surface area (Å²) in [6.07, 6.45) is 8.91. The van der Waals surface area contributed by atoms with Gasteiger partial charge in [-0.05, 0) is 17.3 Å². The minimum absolute atomic E-state index is 0.373. The Bertz CT molecular complexity index is 189. The molecule has 0 aromatic carbocycles. The molecule has 0 radical (unpaired) electrons. The molecule has 0 aromatic heterocycles. The molecule has 0 rings (SSSR count). The fourth-order valence-corrected chi connectivity index (χ4v) is 2.64. The van der Waals surface area contributed by atoms with E-state index in [4.69, 9.17) is 9.84 Å². The first-order valence-electron chi connectivity index (χ1n) is 6.17. The van der Waals surface area contributed by atoms with Crippen molar-refractivity contribution in [2.24, 2.45) is 0 Å². The molecule has 0 aliphatic rings. The highest BCUT2D eigenvalue weighted by molar-refractivity contribution is 14.1. The maximum atomic E-state index is 10.7. The highest BCUT2D eigenvalue weighted by Gasteiger charge is 2.07. The van der Waals surface area contributed by atoms with Crippen LogP contribution in [0.3, 0.4) is 0 Å². The average Bonchev–Trinajstić information content (AvgIpc) is 2.34. The third-order valence-electron chi connectivity index (χ3n) is 2.46. The Morgan fingerprint density at radius 3 is 2.29 bits per heavy atom. The number of carbonyl (C=O) groups is 1. The van der Waals surface area contributed by atoms with Crippen molar-refractivity contribution in [1.29, 1.82) is 0 Å². The molecule has 0 bridgehead atoms. The maximum absolute atomic E-state index is 10.7. The first-order chi connectivity index (χ1) is 8.20. The number of aliphatic hydroxyl groups excluding tert-OH is 1. The molecule has 0 aliphatic heterocycles. The molecule has 0 heterocycles. The fourth-order valence-electron chi connectivity index (χ4n) is 1.48. The number of hydrogen-bond donors (Lipinski definition) is 1. The third kappa shape index (κ3) is 13.1. The maximum Gasteiger partial charge on any atom is 0.331 e. The number of esters is 1. The molecule has 0 fully saturated rings. The Hall–Kier alpha value is 0.890. The predicted molar refractivity (Wildman–Crippen MR) is 87.1 cm³/mol. The Labute approximate surface area is 131 Å². The van der Waals surface area contributed by atoms with Gasteiger partial charge < -0.3 is 9.84 Å². The summed E-state index contributed by atoms with van der Waals surface area (Å²) in [6.45, 7) is -0.0883. The molecule has 0 saturated heterocycles. The predicted octanol–water partition coefficient (Wildman–Crippen LogP) is 3.49. The van der Waals surface area contributed by atoms with Crippen LogP contribution in [0.4, 0.5) is 0 Å². The lowest BCUT2D eigenvalue weighted by atomic mass is 10.1. The number of rotatable bonds is 11. The van der Waals surface area contributed by atoms with E-state index in [1.807, 2.05) is 0 Å². The van der Waals surface area contributed by atoms with Crippen LogP contribution in [0.2, 0.25) is 0 Å². The molecule has 1 unspecified atom stereocenters. The molecular weight excluding hydrogens is 446 g/mol. The van der Waals surface area contributed by atoms with Gasteiger partial charge in [0.15, 0.2) is 0 Å². The van der Waals surface area contributed by atoms with Crippen molar-refractivity contribution in [2.45, 2.75) is 48.9 Å². The van der Waals surface area contributed by atoms with Gasteiger partial charge in [-0.15, -0.1) is 0 Å². The van der Waals surface area contributed by atoms with E-state index < -0.39 is 12.6 Å². The van der Waals surface area contributed by atoms with Crippen molar-refractivity contribution in [3.63, 3.8) is 0 Å². The van der Waals surface area contributed by atoms with Crippen LogP contribution < -0.4 is 0 Å². The van der Waals surface area contributed by atoms with E-state index in [2.05, 4.69) is 45.2 Å². The minimum atomic E-state index is -0.523. The monoisotopic (exact) mass is 468 g/mol. The standard InChI is InChI=1S/C12H22I2O3/c13-8-6-4-2-1-3-5-7-11(14)10-17-12(16)9-15/h11,15H,1-10H2. The first kappa shape index (κ1) is 17.9. The summed E-state index contributed by atoms with van der Waals surface area (Å²) in [5.74, 6) is -0.523.